The zero-order valence-electron chi connectivity index (χ0n) is 10.9. The molecule has 0 bridgehead atoms. The Morgan fingerprint density at radius 2 is 1.30 bits per heavy atom. The van der Waals surface area contributed by atoms with Gasteiger partial charge in [-0.15, -0.1) is 0 Å². The number of aliphatic hydroxyl groups excluding tert-OH is 3. The van der Waals surface area contributed by atoms with Crippen LogP contribution in [0, 0.1) is 0 Å². The fraction of sp³-hybridized carbons (Fsp3) is 0.176. The van der Waals surface area contributed by atoms with Gasteiger partial charge in [0, 0.05) is 0 Å². The van der Waals surface area contributed by atoms with E-state index < -0.39 is 18.8 Å². The van der Waals surface area contributed by atoms with Crippen molar-refractivity contribution in [1.82, 2.24) is 0 Å². The largest absolute Gasteiger partial charge is 0.394 e. The molecule has 3 aromatic carbocycles. The van der Waals surface area contributed by atoms with Crippen molar-refractivity contribution in [1.29, 1.82) is 0 Å². The Labute approximate surface area is 116 Å². The summed E-state index contributed by atoms with van der Waals surface area (Å²) in [6, 6.07) is 17.5. The van der Waals surface area contributed by atoms with E-state index >= 15 is 0 Å². The normalized spacial score (nSPS) is 14.6. The van der Waals surface area contributed by atoms with Crippen LogP contribution >= 0.6 is 0 Å². The van der Waals surface area contributed by atoms with Gasteiger partial charge in [-0.3, -0.25) is 0 Å². The Morgan fingerprint density at radius 1 is 0.800 bits per heavy atom. The molecular weight excluding hydrogens is 252 g/mol. The number of rotatable bonds is 3. The van der Waals surface area contributed by atoms with Gasteiger partial charge in [-0.05, 0) is 33.2 Å². The molecule has 0 fully saturated rings. The Bertz CT molecular complexity index is 697. The second-order valence-electron chi connectivity index (χ2n) is 4.93. The monoisotopic (exact) mass is 268 g/mol. The highest BCUT2D eigenvalue weighted by Crippen LogP contribution is 2.34. The molecule has 0 heterocycles. The van der Waals surface area contributed by atoms with Crippen LogP contribution in [0.25, 0.3) is 21.5 Å². The van der Waals surface area contributed by atoms with E-state index in [-0.39, 0.29) is 0 Å². The van der Waals surface area contributed by atoms with E-state index in [4.69, 9.17) is 5.11 Å². The molecule has 0 aliphatic carbocycles. The molecule has 3 N–H and O–H groups in total. The summed E-state index contributed by atoms with van der Waals surface area (Å²) >= 11 is 0. The highest BCUT2D eigenvalue weighted by Gasteiger charge is 2.22. The Kier molecular flexibility index (Phi) is 3.40. The fourth-order valence-corrected chi connectivity index (χ4v) is 2.66. The smallest absolute Gasteiger partial charge is 0.108 e. The van der Waals surface area contributed by atoms with E-state index in [0.717, 1.165) is 21.5 Å². The van der Waals surface area contributed by atoms with E-state index in [1.54, 1.807) is 0 Å². The van der Waals surface area contributed by atoms with Crippen LogP contribution in [0.2, 0.25) is 0 Å². The summed E-state index contributed by atoms with van der Waals surface area (Å²) in [6.07, 6.45) is -2.31. The molecular formula is C17H16O3. The lowest BCUT2D eigenvalue weighted by Gasteiger charge is -2.20. The van der Waals surface area contributed by atoms with Gasteiger partial charge in [0.1, 0.15) is 12.2 Å². The molecule has 3 aromatic rings. The van der Waals surface area contributed by atoms with Crippen molar-refractivity contribution in [3.8, 4) is 0 Å². The van der Waals surface area contributed by atoms with E-state index in [9.17, 15) is 10.2 Å². The molecule has 0 radical (unpaired) electrons. The topological polar surface area (TPSA) is 60.7 Å². The summed E-state index contributed by atoms with van der Waals surface area (Å²) in [5.74, 6) is 0. The van der Waals surface area contributed by atoms with Crippen LogP contribution in [0.1, 0.15) is 11.7 Å². The van der Waals surface area contributed by atoms with Crippen LogP contribution in [-0.4, -0.2) is 28.0 Å². The standard InChI is InChI=1S/C17H16O3/c18-10-15(19)17(20)16-13-7-3-1-5-11(13)9-12-6-2-4-8-14(12)16/h1-9,15,17-20H,10H2. The van der Waals surface area contributed by atoms with Gasteiger partial charge >= 0.3 is 0 Å². The lowest BCUT2D eigenvalue weighted by Crippen LogP contribution is -2.22. The Hall–Kier alpha value is -1.94. The molecule has 102 valence electrons. The van der Waals surface area contributed by atoms with E-state index in [0.29, 0.717) is 5.56 Å². The van der Waals surface area contributed by atoms with Crippen LogP contribution in [-0.2, 0) is 0 Å². The van der Waals surface area contributed by atoms with E-state index in [1.165, 1.54) is 0 Å². The first-order valence-corrected chi connectivity index (χ1v) is 6.59. The van der Waals surface area contributed by atoms with Gasteiger partial charge in [0.15, 0.2) is 0 Å². The summed E-state index contributed by atoms with van der Waals surface area (Å²) < 4.78 is 0. The van der Waals surface area contributed by atoms with Gasteiger partial charge in [0.25, 0.3) is 0 Å². The van der Waals surface area contributed by atoms with Crippen LogP contribution in [0.15, 0.2) is 54.6 Å². The molecule has 3 nitrogen and oxygen atoms in total. The zero-order valence-corrected chi connectivity index (χ0v) is 10.9. The second-order valence-corrected chi connectivity index (χ2v) is 4.93. The highest BCUT2D eigenvalue weighted by molar-refractivity contribution is 6.02. The molecule has 0 amide bonds. The van der Waals surface area contributed by atoms with Crippen molar-refractivity contribution in [2.75, 3.05) is 6.61 Å². The molecule has 3 rings (SSSR count). The number of hydrogen-bond donors (Lipinski definition) is 3. The molecule has 0 saturated carbocycles. The van der Waals surface area contributed by atoms with Crippen molar-refractivity contribution in [3.63, 3.8) is 0 Å². The van der Waals surface area contributed by atoms with E-state index in [1.807, 2.05) is 48.5 Å². The first-order chi connectivity index (χ1) is 9.72. The lowest BCUT2D eigenvalue weighted by molar-refractivity contribution is -0.0138. The van der Waals surface area contributed by atoms with Crippen LogP contribution in [0.3, 0.4) is 0 Å². The fourth-order valence-electron chi connectivity index (χ4n) is 2.66. The summed E-state index contributed by atoms with van der Waals surface area (Å²) in [4.78, 5) is 0. The van der Waals surface area contributed by atoms with Gasteiger partial charge in [-0.1, -0.05) is 48.5 Å². The molecule has 0 spiro atoms. The first-order valence-electron chi connectivity index (χ1n) is 6.59. The number of fused-ring (bicyclic) bond motifs is 2. The summed E-state index contributed by atoms with van der Waals surface area (Å²) in [6.45, 7) is -0.473. The highest BCUT2D eigenvalue weighted by atomic mass is 16.4. The van der Waals surface area contributed by atoms with Gasteiger partial charge in [0.2, 0.25) is 0 Å². The van der Waals surface area contributed by atoms with Crippen molar-refractivity contribution in [2.24, 2.45) is 0 Å². The van der Waals surface area contributed by atoms with Crippen molar-refractivity contribution >= 4 is 21.5 Å². The molecule has 0 aliphatic heterocycles. The van der Waals surface area contributed by atoms with Gasteiger partial charge in [-0.2, -0.15) is 0 Å². The number of hydrogen-bond acceptors (Lipinski definition) is 3. The third-order valence-corrected chi connectivity index (χ3v) is 3.66. The summed E-state index contributed by atoms with van der Waals surface area (Å²) in [5.41, 5.74) is 0.667. The van der Waals surface area contributed by atoms with E-state index in [2.05, 4.69) is 6.07 Å². The number of benzene rings is 3. The Balaban J connectivity index is 2.39. The number of aliphatic hydroxyl groups is 3. The average molecular weight is 268 g/mol. The predicted octanol–water partition coefficient (Wildman–Crippen LogP) is 2.38. The molecule has 0 aliphatic rings. The predicted molar refractivity (Wildman–Crippen MR) is 79.5 cm³/mol. The second kappa shape index (κ2) is 5.21. The third-order valence-electron chi connectivity index (χ3n) is 3.66. The maximum Gasteiger partial charge on any atom is 0.108 e. The molecule has 3 heteroatoms. The van der Waals surface area contributed by atoms with Crippen LogP contribution in [0.5, 0.6) is 0 Å². The zero-order chi connectivity index (χ0) is 14.1. The quantitative estimate of drug-likeness (QED) is 0.639. The Morgan fingerprint density at radius 3 is 1.80 bits per heavy atom. The maximum absolute atomic E-state index is 10.4. The maximum atomic E-state index is 10.4. The van der Waals surface area contributed by atoms with Crippen molar-refractivity contribution < 1.29 is 15.3 Å². The van der Waals surface area contributed by atoms with Gasteiger partial charge in [-0.25, -0.2) is 0 Å². The minimum absolute atomic E-state index is 0.473. The molecule has 2 unspecified atom stereocenters. The first kappa shape index (κ1) is 13.1. The third kappa shape index (κ3) is 2.06. The SMILES string of the molecule is OCC(O)C(O)c1c2ccccc2cc2ccccc12. The molecule has 20 heavy (non-hydrogen) atoms. The van der Waals surface area contributed by atoms with Gasteiger partial charge < -0.3 is 15.3 Å². The molecule has 0 saturated heterocycles. The molecule has 2 atom stereocenters. The van der Waals surface area contributed by atoms with Crippen molar-refractivity contribution in [2.45, 2.75) is 12.2 Å². The molecule has 0 aromatic heterocycles. The van der Waals surface area contributed by atoms with Crippen LogP contribution in [0.4, 0.5) is 0 Å². The average Bonchev–Trinajstić information content (AvgIpc) is 2.51. The van der Waals surface area contributed by atoms with Crippen LogP contribution < -0.4 is 0 Å². The summed E-state index contributed by atoms with van der Waals surface area (Å²) in [5, 5.41) is 33.1. The van der Waals surface area contributed by atoms with Gasteiger partial charge in [0.05, 0.1) is 6.61 Å². The van der Waals surface area contributed by atoms with Crippen molar-refractivity contribution in [3.05, 3.63) is 60.2 Å². The minimum Gasteiger partial charge on any atom is -0.394 e. The lowest BCUT2D eigenvalue weighted by atomic mass is 9.91. The summed E-state index contributed by atoms with van der Waals surface area (Å²) in [7, 11) is 0. The minimum atomic E-state index is -1.19.